The fourth-order valence-corrected chi connectivity index (χ4v) is 2.86. The van der Waals surface area contributed by atoms with Crippen LogP contribution >= 0.6 is 43.2 Å². The average molecular weight is 376 g/mol. The smallest absolute Gasteiger partial charge is 0.266 e. The van der Waals surface area contributed by atoms with E-state index in [2.05, 4.69) is 42.2 Å². The molecule has 2 aromatic rings. The van der Waals surface area contributed by atoms with E-state index in [1.54, 1.807) is 12.3 Å². The molecule has 2 aromatic heterocycles. The number of hydrogen-bond donors (Lipinski definition) is 1. The highest BCUT2D eigenvalue weighted by atomic mass is 79.9. The van der Waals surface area contributed by atoms with Crippen LogP contribution in [0.4, 0.5) is 5.82 Å². The zero-order valence-electron chi connectivity index (χ0n) is 8.83. The Hall–Kier alpha value is -0.720. The van der Waals surface area contributed by atoms with E-state index in [1.165, 1.54) is 11.3 Å². The van der Waals surface area contributed by atoms with Crippen molar-refractivity contribution in [2.75, 3.05) is 5.32 Å². The lowest BCUT2D eigenvalue weighted by Gasteiger charge is -2.01. The molecule has 0 aliphatic carbocycles. The molecule has 1 N–H and O–H groups in total. The number of amides is 1. The van der Waals surface area contributed by atoms with Crippen molar-refractivity contribution in [2.45, 2.75) is 6.92 Å². The third-order valence-electron chi connectivity index (χ3n) is 2.05. The molecule has 1 amide bonds. The van der Waals surface area contributed by atoms with Crippen LogP contribution in [0.5, 0.6) is 0 Å². The van der Waals surface area contributed by atoms with Gasteiger partial charge in [0.1, 0.15) is 5.82 Å². The Morgan fingerprint density at radius 3 is 2.71 bits per heavy atom. The summed E-state index contributed by atoms with van der Waals surface area (Å²) in [7, 11) is 0. The number of halogens is 2. The zero-order chi connectivity index (χ0) is 12.4. The fourth-order valence-electron chi connectivity index (χ4n) is 1.20. The molecule has 88 valence electrons. The Labute approximate surface area is 120 Å². The van der Waals surface area contributed by atoms with Crippen molar-refractivity contribution in [3.05, 3.63) is 43.1 Å². The van der Waals surface area contributed by atoms with Crippen LogP contribution < -0.4 is 5.32 Å². The van der Waals surface area contributed by atoms with Gasteiger partial charge in [-0.3, -0.25) is 4.79 Å². The van der Waals surface area contributed by atoms with E-state index in [1.807, 2.05) is 19.1 Å². The molecule has 2 rings (SSSR count). The Morgan fingerprint density at radius 1 is 1.41 bits per heavy atom. The molecule has 0 spiro atoms. The van der Waals surface area contributed by atoms with Crippen molar-refractivity contribution in [2.24, 2.45) is 0 Å². The van der Waals surface area contributed by atoms with Gasteiger partial charge in [0.05, 0.1) is 8.66 Å². The summed E-state index contributed by atoms with van der Waals surface area (Å²) >= 11 is 8.10. The largest absolute Gasteiger partial charge is 0.306 e. The number of pyridine rings is 1. The van der Waals surface area contributed by atoms with Gasteiger partial charge in [-0.15, -0.1) is 11.3 Å². The Kier molecular flexibility index (Phi) is 3.96. The summed E-state index contributed by atoms with van der Waals surface area (Å²) in [6.45, 7) is 1.95. The van der Waals surface area contributed by atoms with Crippen LogP contribution in [0, 0.1) is 6.92 Å². The highest BCUT2D eigenvalue weighted by molar-refractivity contribution is 9.11. The van der Waals surface area contributed by atoms with Gasteiger partial charge in [0.15, 0.2) is 0 Å². The van der Waals surface area contributed by atoms with E-state index < -0.39 is 0 Å². The van der Waals surface area contributed by atoms with Crippen LogP contribution in [0.25, 0.3) is 0 Å². The normalized spacial score (nSPS) is 10.3. The molecule has 0 unspecified atom stereocenters. The monoisotopic (exact) mass is 374 g/mol. The summed E-state index contributed by atoms with van der Waals surface area (Å²) in [4.78, 5) is 16.6. The minimum absolute atomic E-state index is 0.140. The minimum Gasteiger partial charge on any atom is -0.306 e. The number of aryl methyl sites for hydroxylation is 1. The third-order valence-corrected chi connectivity index (χ3v) is 4.65. The maximum absolute atomic E-state index is 11.9. The van der Waals surface area contributed by atoms with E-state index in [0.29, 0.717) is 10.7 Å². The predicted octanol–water partition coefficient (Wildman–Crippen LogP) is 4.23. The molecular weight excluding hydrogens is 368 g/mol. The molecule has 6 heteroatoms. The second-order valence-corrected chi connectivity index (χ2v) is 6.67. The summed E-state index contributed by atoms with van der Waals surface area (Å²) in [5, 5.41) is 2.74. The van der Waals surface area contributed by atoms with E-state index in [-0.39, 0.29) is 5.91 Å². The van der Waals surface area contributed by atoms with Crippen LogP contribution in [-0.4, -0.2) is 10.9 Å². The van der Waals surface area contributed by atoms with Gasteiger partial charge >= 0.3 is 0 Å². The van der Waals surface area contributed by atoms with Crippen LogP contribution in [0.2, 0.25) is 0 Å². The first-order chi connectivity index (χ1) is 8.06. The molecule has 3 nitrogen and oxygen atoms in total. The molecule has 0 saturated heterocycles. The van der Waals surface area contributed by atoms with E-state index >= 15 is 0 Å². The maximum Gasteiger partial charge on any atom is 0.266 e. The summed E-state index contributed by atoms with van der Waals surface area (Å²) in [5.41, 5.74) is 1.06. The lowest BCUT2D eigenvalue weighted by Crippen LogP contribution is -2.11. The first-order valence-corrected chi connectivity index (χ1v) is 7.15. The molecule has 0 aliphatic rings. The number of aromatic nitrogens is 1. The summed E-state index contributed by atoms with van der Waals surface area (Å²) < 4.78 is 1.86. The number of rotatable bonds is 2. The van der Waals surface area contributed by atoms with E-state index in [0.717, 1.165) is 13.8 Å². The molecule has 17 heavy (non-hydrogen) atoms. The lowest BCUT2D eigenvalue weighted by molar-refractivity contribution is 0.103. The van der Waals surface area contributed by atoms with Gasteiger partial charge in [0, 0.05) is 10.7 Å². The second kappa shape index (κ2) is 5.29. The lowest BCUT2D eigenvalue weighted by atomic mass is 10.3. The summed E-state index contributed by atoms with van der Waals surface area (Å²) in [6, 6.07) is 5.43. The van der Waals surface area contributed by atoms with Gasteiger partial charge in [-0.25, -0.2) is 4.98 Å². The molecular formula is C11H8Br2N2OS. The van der Waals surface area contributed by atoms with E-state index in [4.69, 9.17) is 0 Å². The van der Waals surface area contributed by atoms with Crippen molar-refractivity contribution >= 4 is 54.9 Å². The fraction of sp³-hybridized carbons (Fsp3) is 0.0909. The number of carbonyl (C=O) groups excluding carboxylic acids is 1. The third kappa shape index (κ3) is 3.14. The highest BCUT2D eigenvalue weighted by Crippen LogP contribution is 2.27. The van der Waals surface area contributed by atoms with Gasteiger partial charge in [-0.1, -0.05) is 0 Å². The molecule has 0 radical (unpaired) electrons. The molecule has 0 atom stereocenters. The van der Waals surface area contributed by atoms with Gasteiger partial charge in [-0.05, 0) is 62.5 Å². The number of hydrogen-bond acceptors (Lipinski definition) is 3. The van der Waals surface area contributed by atoms with E-state index in [9.17, 15) is 4.79 Å². The maximum atomic E-state index is 11.9. The molecule has 0 bridgehead atoms. The second-order valence-electron chi connectivity index (χ2n) is 3.38. The topological polar surface area (TPSA) is 42.0 Å². The Bertz CT molecular complexity index is 532. The number of nitrogens with zero attached hydrogens (tertiary/aromatic N) is 1. The standard InChI is InChI=1S/C11H8Br2N2OS/c1-6-4-8(17-10(6)13)11(16)15-9-3-2-7(12)5-14-9/h2-5H,1H3,(H,14,15,16). The Balaban J connectivity index is 2.14. The predicted molar refractivity (Wildman–Crippen MR) is 76.6 cm³/mol. The van der Waals surface area contributed by atoms with Gasteiger partial charge in [-0.2, -0.15) is 0 Å². The van der Waals surface area contributed by atoms with Crippen molar-refractivity contribution in [3.63, 3.8) is 0 Å². The van der Waals surface area contributed by atoms with Crippen molar-refractivity contribution in [1.82, 2.24) is 4.98 Å². The summed E-state index contributed by atoms with van der Waals surface area (Å²) in [5.74, 6) is 0.402. The van der Waals surface area contributed by atoms with Crippen molar-refractivity contribution < 1.29 is 4.79 Å². The van der Waals surface area contributed by atoms with Gasteiger partial charge in [0.25, 0.3) is 5.91 Å². The first kappa shape index (κ1) is 12.7. The highest BCUT2D eigenvalue weighted by Gasteiger charge is 2.11. The molecule has 0 aliphatic heterocycles. The van der Waals surface area contributed by atoms with Crippen LogP contribution in [-0.2, 0) is 0 Å². The van der Waals surface area contributed by atoms with Crippen LogP contribution in [0.3, 0.4) is 0 Å². The summed E-state index contributed by atoms with van der Waals surface area (Å²) in [6.07, 6.45) is 1.64. The van der Waals surface area contributed by atoms with Crippen molar-refractivity contribution in [3.8, 4) is 0 Å². The minimum atomic E-state index is -0.140. The number of carbonyl (C=O) groups is 1. The average Bonchev–Trinajstić information content (AvgIpc) is 2.63. The van der Waals surface area contributed by atoms with Gasteiger partial charge in [0.2, 0.25) is 0 Å². The first-order valence-electron chi connectivity index (χ1n) is 4.75. The van der Waals surface area contributed by atoms with Crippen molar-refractivity contribution in [1.29, 1.82) is 0 Å². The zero-order valence-corrected chi connectivity index (χ0v) is 12.8. The SMILES string of the molecule is Cc1cc(C(=O)Nc2ccc(Br)cn2)sc1Br. The number of nitrogens with one attached hydrogen (secondary N) is 1. The molecule has 0 saturated carbocycles. The molecule has 0 fully saturated rings. The number of anilines is 1. The van der Waals surface area contributed by atoms with Gasteiger partial charge < -0.3 is 5.32 Å². The quantitative estimate of drug-likeness (QED) is 0.853. The number of thiophene rings is 1. The molecule has 0 aromatic carbocycles. The van der Waals surface area contributed by atoms with Crippen LogP contribution in [0.1, 0.15) is 15.2 Å². The van der Waals surface area contributed by atoms with Crippen LogP contribution in [0.15, 0.2) is 32.7 Å². The molecule has 2 heterocycles. The Morgan fingerprint density at radius 2 is 2.18 bits per heavy atom.